The SMILES string of the molecule is CCc1nn(-c2ccccc2)c2c1C(c1ccc(C3C(C#N)=C(N)Oc4c3c(CC)nn4-c3ccccc3)cc1)C(C#N)=C(N)O2. The Morgan fingerprint density at radius 3 is 1.33 bits per heavy atom. The molecule has 0 amide bonds. The predicted octanol–water partition coefficient (Wildman–Crippen LogP) is 5.62. The normalized spacial score (nSPS) is 17.0. The van der Waals surface area contributed by atoms with Crippen LogP contribution in [0.15, 0.2) is 108 Å². The Balaban J connectivity index is 1.36. The lowest BCUT2D eigenvalue weighted by Crippen LogP contribution is -2.23. The molecule has 2 aliphatic rings. The molecule has 2 aliphatic heterocycles. The van der Waals surface area contributed by atoms with Crippen molar-refractivity contribution in [1.82, 2.24) is 19.6 Å². The third kappa shape index (κ3) is 4.39. The van der Waals surface area contributed by atoms with E-state index in [2.05, 4.69) is 12.1 Å². The molecule has 0 radical (unpaired) electrons. The van der Waals surface area contributed by atoms with Gasteiger partial charge in [0.1, 0.15) is 23.3 Å². The van der Waals surface area contributed by atoms with Crippen LogP contribution in [0.4, 0.5) is 0 Å². The van der Waals surface area contributed by atoms with E-state index in [1.165, 1.54) is 0 Å². The van der Waals surface area contributed by atoms with E-state index < -0.39 is 11.8 Å². The molecule has 0 saturated carbocycles. The van der Waals surface area contributed by atoms with Crippen molar-refractivity contribution < 1.29 is 9.47 Å². The predicted molar refractivity (Wildman–Crippen MR) is 171 cm³/mol. The summed E-state index contributed by atoms with van der Waals surface area (Å²) in [6, 6.07) is 31.8. The molecule has 2 aromatic heterocycles. The number of nitrogens with zero attached hydrogens (tertiary/aromatic N) is 6. The van der Waals surface area contributed by atoms with Crippen molar-refractivity contribution >= 4 is 0 Å². The second-order valence-corrected chi connectivity index (χ2v) is 11.0. The molecule has 4 heterocycles. The smallest absolute Gasteiger partial charge is 0.229 e. The fourth-order valence-electron chi connectivity index (χ4n) is 6.38. The van der Waals surface area contributed by atoms with E-state index in [1.54, 1.807) is 9.36 Å². The number of hydrogen-bond donors (Lipinski definition) is 2. The van der Waals surface area contributed by atoms with E-state index in [1.807, 2.05) is 98.8 Å². The Kier molecular flexibility index (Phi) is 7.03. The zero-order valence-electron chi connectivity index (χ0n) is 25.3. The van der Waals surface area contributed by atoms with Crippen LogP contribution in [0.3, 0.4) is 0 Å². The Morgan fingerprint density at radius 2 is 1.00 bits per heavy atom. The Bertz CT molecular complexity index is 1960. The van der Waals surface area contributed by atoms with E-state index in [9.17, 15) is 10.5 Å². The molecule has 4 N–H and O–H groups in total. The first-order valence-electron chi connectivity index (χ1n) is 15.1. The number of rotatable bonds is 6. The monoisotopic (exact) mass is 606 g/mol. The highest BCUT2D eigenvalue weighted by Crippen LogP contribution is 2.48. The van der Waals surface area contributed by atoms with Gasteiger partial charge < -0.3 is 20.9 Å². The van der Waals surface area contributed by atoms with E-state index in [4.69, 9.17) is 31.1 Å². The lowest BCUT2D eigenvalue weighted by Gasteiger charge is -2.27. The first-order valence-corrected chi connectivity index (χ1v) is 15.1. The fourth-order valence-corrected chi connectivity index (χ4v) is 6.38. The Hall–Kier alpha value is -6.26. The van der Waals surface area contributed by atoms with Crippen LogP contribution in [0.2, 0.25) is 0 Å². The van der Waals surface area contributed by atoms with Gasteiger partial charge in [0.05, 0.1) is 45.7 Å². The van der Waals surface area contributed by atoms with Gasteiger partial charge in [0.15, 0.2) is 0 Å². The summed E-state index contributed by atoms with van der Waals surface area (Å²) in [6.07, 6.45) is 1.26. The zero-order valence-corrected chi connectivity index (χ0v) is 25.3. The quantitative estimate of drug-likeness (QED) is 0.253. The molecule has 5 aromatic rings. The van der Waals surface area contributed by atoms with Crippen LogP contribution in [0.1, 0.15) is 59.3 Å². The maximum atomic E-state index is 10.2. The van der Waals surface area contributed by atoms with Gasteiger partial charge in [-0.25, -0.2) is 9.36 Å². The van der Waals surface area contributed by atoms with Gasteiger partial charge in [-0.05, 0) is 48.2 Å². The first-order chi connectivity index (χ1) is 22.5. The minimum absolute atomic E-state index is 0.0428. The molecule has 2 atom stereocenters. The van der Waals surface area contributed by atoms with Gasteiger partial charge in [0, 0.05) is 0 Å². The molecule has 2 unspecified atom stereocenters. The molecule has 0 saturated heterocycles. The molecule has 10 nitrogen and oxygen atoms in total. The summed E-state index contributed by atoms with van der Waals surface area (Å²) in [6.45, 7) is 4.05. The number of aromatic nitrogens is 4. The average Bonchev–Trinajstić information content (AvgIpc) is 3.65. The largest absolute Gasteiger partial charge is 0.422 e. The third-order valence-corrected chi connectivity index (χ3v) is 8.52. The summed E-state index contributed by atoms with van der Waals surface area (Å²) in [5.74, 6) is 0.0757. The van der Waals surface area contributed by atoms with Gasteiger partial charge in [0.2, 0.25) is 23.5 Å². The Morgan fingerprint density at radius 1 is 0.630 bits per heavy atom. The molecular weight excluding hydrogens is 576 g/mol. The topological polar surface area (TPSA) is 154 Å². The highest BCUT2D eigenvalue weighted by molar-refractivity contribution is 5.60. The molecular formula is C36H30N8O2. The maximum Gasteiger partial charge on any atom is 0.229 e. The second-order valence-electron chi connectivity index (χ2n) is 11.0. The van der Waals surface area contributed by atoms with Crippen molar-refractivity contribution in [2.75, 3.05) is 0 Å². The molecule has 0 bridgehead atoms. The molecule has 226 valence electrons. The number of aryl methyl sites for hydroxylation is 2. The van der Waals surface area contributed by atoms with Crippen molar-refractivity contribution in [3.63, 3.8) is 0 Å². The number of fused-ring (bicyclic) bond motifs is 2. The number of nitrogens with two attached hydrogens (primary N) is 2. The summed E-state index contributed by atoms with van der Waals surface area (Å²) in [5.41, 5.74) is 19.9. The molecule has 0 fully saturated rings. The molecule has 0 spiro atoms. The van der Waals surface area contributed by atoms with Crippen LogP contribution in [-0.4, -0.2) is 19.6 Å². The lowest BCUT2D eigenvalue weighted by molar-refractivity contribution is 0.366. The molecule has 7 rings (SSSR count). The number of allylic oxidation sites excluding steroid dienone is 2. The standard InChI is InChI=1S/C36H30N8O2/c1-3-27-31-29(25(19-37)33(39)45-35(31)43(41-27)23-11-7-5-8-12-23)21-15-17-22(18-16-21)30-26(20-38)34(40)46-36-32(30)28(4-2)42-44(36)24-13-9-6-10-14-24/h5-18,29-30H,3-4,39-40H2,1-2H3. The van der Waals surface area contributed by atoms with Crippen molar-refractivity contribution in [3.05, 3.63) is 141 Å². The summed E-state index contributed by atoms with van der Waals surface area (Å²) >= 11 is 0. The highest BCUT2D eigenvalue weighted by atomic mass is 16.5. The summed E-state index contributed by atoms with van der Waals surface area (Å²) in [5, 5.41) is 30.2. The van der Waals surface area contributed by atoms with Gasteiger partial charge in [-0.1, -0.05) is 74.5 Å². The molecule has 10 heteroatoms. The summed E-state index contributed by atoms with van der Waals surface area (Å²) < 4.78 is 15.6. The zero-order chi connectivity index (χ0) is 31.9. The first kappa shape index (κ1) is 28.5. The van der Waals surface area contributed by atoms with Crippen molar-refractivity contribution in [1.29, 1.82) is 10.5 Å². The van der Waals surface area contributed by atoms with Crippen molar-refractivity contribution in [3.8, 4) is 35.3 Å². The van der Waals surface area contributed by atoms with Gasteiger partial charge in [-0.2, -0.15) is 20.7 Å². The van der Waals surface area contributed by atoms with E-state index in [0.29, 0.717) is 35.7 Å². The number of nitriles is 2. The maximum absolute atomic E-state index is 10.2. The van der Waals surface area contributed by atoms with Crippen molar-refractivity contribution in [2.24, 2.45) is 11.5 Å². The average molecular weight is 607 g/mol. The van der Waals surface area contributed by atoms with Crippen LogP contribution in [0.25, 0.3) is 11.4 Å². The Labute approximate surface area is 266 Å². The van der Waals surface area contributed by atoms with Crippen LogP contribution in [0, 0.1) is 22.7 Å². The third-order valence-electron chi connectivity index (χ3n) is 8.52. The van der Waals surface area contributed by atoms with Crippen LogP contribution in [0.5, 0.6) is 11.8 Å². The molecule has 46 heavy (non-hydrogen) atoms. The van der Waals surface area contributed by atoms with Gasteiger partial charge in [-0.3, -0.25) is 0 Å². The van der Waals surface area contributed by atoms with Gasteiger partial charge in [-0.15, -0.1) is 0 Å². The number of ether oxygens (including phenoxy) is 2. The second kappa shape index (κ2) is 11.3. The van der Waals surface area contributed by atoms with E-state index in [-0.39, 0.29) is 11.8 Å². The van der Waals surface area contributed by atoms with Gasteiger partial charge >= 0.3 is 0 Å². The minimum atomic E-state index is -0.497. The number of hydrogen-bond acceptors (Lipinski definition) is 8. The number of para-hydroxylation sites is 2. The van der Waals surface area contributed by atoms with Crippen molar-refractivity contribution in [2.45, 2.75) is 38.5 Å². The van der Waals surface area contributed by atoms with Gasteiger partial charge in [0.25, 0.3) is 0 Å². The fraction of sp³-hybridized carbons (Fsp3) is 0.167. The van der Waals surface area contributed by atoms with Crippen LogP contribution in [-0.2, 0) is 12.8 Å². The lowest BCUT2D eigenvalue weighted by atomic mass is 9.80. The summed E-state index contributed by atoms with van der Waals surface area (Å²) in [7, 11) is 0. The molecule has 0 aliphatic carbocycles. The van der Waals surface area contributed by atoms with Crippen LogP contribution < -0.4 is 20.9 Å². The number of benzene rings is 3. The van der Waals surface area contributed by atoms with Crippen LogP contribution >= 0.6 is 0 Å². The molecule has 3 aromatic carbocycles. The highest BCUT2D eigenvalue weighted by Gasteiger charge is 2.39. The van der Waals surface area contributed by atoms with E-state index >= 15 is 0 Å². The minimum Gasteiger partial charge on any atom is -0.422 e. The van der Waals surface area contributed by atoms with E-state index in [0.717, 1.165) is 45.0 Å². The summed E-state index contributed by atoms with van der Waals surface area (Å²) in [4.78, 5) is 0.